The Bertz CT molecular complexity index is 963. The number of ether oxygens (including phenoxy) is 2. The normalized spacial score (nSPS) is 11.0. The minimum Gasteiger partial charge on any atom is -0.445 e. The summed E-state index contributed by atoms with van der Waals surface area (Å²) in [6, 6.07) is 9.32. The lowest BCUT2D eigenvalue weighted by Gasteiger charge is -2.20. The van der Waals surface area contributed by atoms with Crippen molar-refractivity contribution in [3.63, 3.8) is 0 Å². The number of amides is 2. The molecule has 1 heterocycles. The second-order valence-electron chi connectivity index (χ2n) is 6.14. The summed E-state index contributed by atoms with van der Waals surface area (Å²) in [7, 11) is 0. The first kappa shape index (κ1) is 24.0. The van der Waals surface area contributed by atoms with Crippen LogP contribution >= 0.6 is 12.2 Å². The van der Waals surface area contributed by atoms with Crippen LogP contribution in [0.4, 0.5) is 18.0 Å². The van der Waals surface area contributed by atoms with Gasteiger partial charge in [0.05, 0.1) is 0 Å². The van der Waals surface area contributed by atoms with E-state index in [-0.39, 0.29) is 35.8 Å². The van der Waals surface area contributed by atoms with Crippen molar-refractivity contribution in [1.29, 1.82) is 0 Å². The van der Waals surface area contributed by atoms with Gasteiger partial charge in [0.1, 0.15) is 22.7 Å². The monoisotopic (exact) mass is 459 g/mol. The van der Waals surface area contributed by atoms with Gasteiger partial charge in [-0.15, -0.1) is 13.2 Å². The molecule has 0 aliphatic carbocycles. The van der Waals surface area contributed by atoms with Crippen molar-refractivity contribution in [2.75, 3.05) is 19.6 Å². The second-order valence-corrected chi connectivity index (χ2v) is 6.56. The van der Waals surface area contributed by atoms with E-state index in [2.05, 4.69) is 10.1 Å². The Balaban J connectivity index is 1.82. The predicted molar refractivity (Wildman–Crippen MR) is 105 cm³/mol. The van der Waals surface area contributed by atoms with Crippen LogP contribution in [0, 0.1) is 4.64 Å². The first-order valence-electron chi connectivity index (χ1n) is 9.06. The third kappa shape index (κ3) is 7.48. The van der Waals surface area contributed by atoms with Gasteiger partial charge in [-0.25, -0.2) is 4.79 Å². The smallest absolute Gasteiger partial charge is 0.445 e. The number of nitrogens with one attached hydrogen (secondary N) is 1. The molecule has 0 aliphatic heterocycles. The zero-order chi connectivity index (χ0) is 23.0. The molecule has 0 radical (unpaired) electrons. The maximum Gasteiger partial charge on any atom is 0.573 e. The van der Waals surface area contributed by atoms with Crippen molar-refractivity contribution in [2.45, 2.75) is 19.9 Å². The zero-order valence-corrected chi connectivity index (χ0v) is 17.2. The Hall–Kier alpha value is -3.28. The van der Waals surface area contributed by atoms with Crippen LogP contribution in [0.1, 0.15) is 23.0 Å². The van der Waals surface area contributed by atoms with Crippen LogP contribution in [0.15, 0.2) is 42.5 Å². The SMILES string of the molecule is CCN(CCNC(=O)c1cccc(=S)n1O)C(=O)OCc1ccc(OC(F)(F)F)cc1. The Morgan fingerprint density at radius 2 is 1.87 bits per heavy atom. The quantitative estimate of drug-likeness (QED) is 0.462. The molecule has 0 fully saturated rings. The molecule has 2 amide bonds. The Morgan fingerprint density at radius 3 is 2.48 bits per heavy atom. The molecule has 8 nitrogen and oxygen atoms in total. The highest BCUT2D eigenvalue weighted by Crippen LogP contribution is 2.22. The van der Waals surface area contributed by atoms with Gasteiger partial charge in [-0.3, -0.25) is 4.79 Å². The van der Waals surface area contributed by atoms with E-state index in [0.29, 0.717) is 16.8 Å². The van der Waals surface area contributed by atoms with E-state index in [1.807, 2.05) is 0 Å². The average Bonchev–Trinajstić information content (AvgIpc) is 2.71. The first-order chi connectivity index (χ1) is 14.6. The van der Waals surface area contributed by atoms with E-state index in [1.54, 1.807) is 6.92 Å². The molecule has 2 aromatic rings. The van der Waals surface area contributed by atoms with Crippen molar-refractivity contribution < 1.29 is 37.4 Å². The average molecular weight is 459 g/mol. The van der Waals surface area contributed by atoms with Gasteiger partial charge in [0, 0.05) is 19.6 Å². The maximum absolute atomic E-state index is 12.2. The van der Waals surface area contributed by atoms with Crippen LogP contribution in [0.3, 0.4) is 0 Å². The van der Waals surface area contributed by atoms with Crippen molar-refractivity contribution >= 4 is 24.2 Å². The lowest BCUT2D eigenvalue weighted by atomic mass is 10.2. The standard InChI is InChI=1S/C19H20F3N3O5S/c1-2-24(11-10-23-17(26)15-4-3-5-16(31)25(15)28)18(27)29-12-13-6-8-14(9-7-13)30-19(20,21)22/h3-9,28H,2,10-12H2,1H3,(H,23,26). The van der Waals surface area contributed by atoms with Gasteiger partial charge in [0.2, 0.25) is 0 Å². The number of benzene rings is 1. The van der Waals surface area contributed by atoms with Crippen LogP contribution in [0.2, 0.25) is 0 Å². The largest absolute Gasteiger partial charge is 0.573 e. The highest BCUT2D eigenvalue weighted by Gasteiger charge is 2.31. The van der Waals surface area contributed by atoms with Crippen LogP contribution < -0.4 is 10.1 Å². The molecule has 0 saturated heterocycles. The van der Waals surface area contributed by atoms with Crippen LogP contribution in [0.25, 0.3) is 0 Å². The maximum atomic E-state index is 12.2. The number of halogens is 3. The minimum absolute atomic E-state index is 0.0453. The number of hydrogen-bond acceptors (Lipinski definition) is 6. The summed E-state index contributed by atoms with van der Waals surface area (Å²) in [5, 5.41) is 12.3. The van der Waals surface area contributed by atoms with E-state index in [0.717, 1.165) is 12.1 Å². The van der Waals surface area contributed by atoms with Gasteiger partial charge < -0.3 is 24.9 Å². The third-order valence-electron chi connectivity index (χ3n) is 3.99. The number of carbonyl (C=O) groups is 2. The number of nitrogens with zero attached hydrogens (tertiary/aromatic N) is 2. The predicted octanol–water partition coefficient (Wildman–Crippen LogP) is 3.74. The minimum atomic E-state index is -4.78. The van der Waals surface area contributed by atoms with E-state index >= 15 is 0 Å². The van der Waals surface area contributed by atoms with Crippen molar-refractivity contribution in [3.05, 3.63) is 58.4 Å². The number of pyridine rings is 1. The number of hydrogen-bond donors (Lipinski definition) is 2. The topological polar surface area (TPSA) is 93.0 Å². The van der Waals surface area contributed by atoms with E-state index in [1.165, 1.54) is 35.2 Å². The summed E-state index contributed by atoms with van der Waals surface area (Å²) in [4.78, 5) is 25.7. The van der Waals surface area contributed by atoms with Crippen molar-refractivity contribution in [3.8, 4) is 5.75 Å². The lowest BCUT2D eigenvalue weighted by molar-refractivity contribution is -0.274. The fourth-order valence-corrected chi connectivity index (χ4v) is 2.63. The van der Waals surface area contributed by atoms with Gasteiger partial charge in [-0.2, -0.15) is 4.73 Å². The summed E-state index contributed by atoms with van der Waals surface area (Å²) in [5.41, 5.74) is 0.430. The number of aromatic nitrogens is 1. The third-order valence-corrected chi connectivity index (χ3v) is 4.30. The summed E-state index contributed by atoms with van der Waals surface area (Å²) >= 11 is 4.87. The highest BCUT2D eigenvalue weighted by atomic mass is 32.1. The molecule has 0 atom stereocenters. The fraction of sp³-hybridized carbons (Fsp3) is 0.316. The molecule has 168 valence electrons. The van der Waals surface area contributed by atoms with Crippen molar-refractivity contribution in [2.24, 2.45) is 0 Å². The summed E-state index contributed by atoms with van der Waals surface area (Å²) in [6.45, 7) is 2.10. The van der Waals surface area contributed by atoms with Gasteiger partial charge in [-0.1, -0.05) is 30.4 Å². The lowest BCUT2D eigenvalue weighted by Crippen LogP contribution is -2.39. The summed E-state index contributed by atoms with van der Waals surface area (Å²) < 4.78 is 46.1. The summed E-state index contributed by atoms with van der Waals surface area (Å²) in [6.07, 6.45) is -5.44. The van der Waals surface area contributed by atoms with Gasteiger partial charge in [-0.05, 0) is 36.8 Å². The van der Waals surface area contributed by atoms with Crippen molar-refractivity contribution in [1.82, 2.24) is 14.9 Å². The molecule has 0 unspecified atom stereocenters. The van der Waals surface area contributed by atoms with E-state index < -0.39 is 18.4 Å². The molecular formula is C19H20F3N3O5S. The van der Waals surface area contributed by atoms with E-state index in [9.17, 15) is 28.0 Å². The van der Waals surface area contributed by atoms with Gasteiger partial charge in [0.15, 0.2) is 0 Å². The molecule has 0 saturated carbocycles. The Morgan fingerprint density at radius 1 is 1.19 bits per heavy atom. The fourth-order valence-electron chi connectivity index (χ4n) is 2.45. The molecule has 12 heteroatoms. The summed E-state index contributed by atoms with van der Waals surface area (Å²) in [5.74, 6) is -0.945. The molecule has 0 bridgehead atoms. The Kier molecular flexibility index (Phi) is 8.25. The van der Waals surface area contributed by atoms with Crippen LogP contribution in [-0.4, -0.2) is 52.8 Å². The zero-order valence-electron chi connectivity index (χ0n) is 16.4. The van der Waals surface area contributed by atoms with Crippen LogP contribution in [0.5, 0.6) is 5.75 Å². The number of rotatable bonds is 8. The van der Waals surface area contributed by atoms with E-state index in [4.69, 9.17) is 17.0 Å². The molecule has 1 aromatic heterocycles. The van der Waals surface area contributed by atoms with Gasteiger partial charge in [0.25, 0.3) is 5.91 Å². The highest BCUT2D eigenvalue weighted by molar-refractivity contribution is 7.71. The number of likely N-dealkylation sites (N-methyl/N-ethyl adjacent to an activating group) is 1. The Labute approximate surface area is 180 Å². The molecular weight excluding hydrogens is 439 g/mol. The molecule has 1 aromatic carbocycles. The van der Waals surface area contributed by atoms with Gasteiger partial charge >= 0.3 is 12.5 Å². The van der Waals surface area contributed by atoms with Crippen LogP contribution in [-0.2, 0) is 11.3 Å². The molecule has 31 heavy (non-hydrogen) atoms. The number of alkyl halides is 3. The molecule has 0 aliphatic rings. The molecule has 0 spiro atoms. The molecule has 2 rings (SSSR count). The number of carbonyl (C=O) groups excluding carboxylic acids is 2. The molecule has 2 N–H and O–H groups in total. The first-order valence-corrected chi connectivity index (χ1v) is 9.47. The second kappa shape index (κ2) is 10.7.